The van der Waals surface area contributed by atoms with Crippen LogP contribution in [-0.2, 0) is 13.2 Å². The van der Waals surface area contributed by atoms with Gasteiger partial charge in [-0.3, -0.25) is 0 Å². The van der Waals surface area contributed by atoms with Crippen LogP contribution in [0.5, 0.6) is 0 Å². The zero-order valence-corrected chi connectivity index (χ0v) is 10.6. The Bertz CT molecular complexity index is 496. The lowest BCUT2D eigenvalue weighted by atomic mass is 10.1. The number of benzene rings is 1. The first-order chi connectivity index (χ1) is 7.60. The molecule has 0 aliphatic carbocycles. The number of fused-ring (bicyclic) bond motifs is 1. The summed E-state index contributed by atoms with van der Waals surface area (Å²) in [6.07, 6.45) is 0. The highest BCUT2D eigenvalue weighted by molar-refractivity contribution is 6.32. The van der Waals surface area contributed by atoms with Crippen molar-refractivity contribution in [3.8, 4) is 0 Å². The van der Waals surface area contributed by atoms with E-state index < -0.39 is 0 Å². The summed E-state index contributed by atoms with van der Waals surface area (Å²) in [6.45, 7) is 7.03. The maximum Gasteiger partial charge on any atom is 0.115 e. The SMILES string of the molecule is CCn1c(Cl)c(CO)c2cc(C)c(C)cc21. The van der Waals surface area contributed by atoms with Gasteiger partial charge >= 0.3 is 0 Å². The van der Waals surface area contributed by atoms with Crippen LogP contribution >= 0.6 is 11.6 Å². The largest absolute Gasteiger partial charge is 0.392 e. The molecule has 0 bridgehead atoms. The van der Waals surface area contributed by atoms with Gasteiger partial charge in [0.1, 0.15) is 5.15 Å². The fraction of sp³-hybridized carbons (Fsp3) is 0.385. The van der Waals surface area contributed by atoms with E-state index in [2.05, 4.69) is 32.9 Å². The molecule has 0 fully saturated rings. The van der Waals surface area contributed by atoms with E-state index in [4.69, 9.17) is 11.6 Å². The molecule has 0 amide bonds. The molecule has 2 rings (SSSR count). The van der Waals surface area contributed by atoms with E-state index in [-0.39, 0.29) is 6.61 Å². The number of aryl methyl sites for hydroxylation is 3. The second-order valence-corrected chi connectivity index (χ2v) is 4.48. The summed E-state index contributed by atoms with van der Waals surface area (Å²) in [5.74, 6) is 0. The second-order valence-electron chi connectivity index (χ2n) is 4.13. The van der Waals surface area contributed by atoms with Crippen molar-refractivity contribution >= 4 is 22.5 Å². The topological polar surface area (TPSA) is 25.2 Å². The van der Waals surface area contributed by atoms with Crippen LogP contribution in [0.1, 0.15) is 23.6 Å². The highest BCUT2D eigenvalue weighted by atomic mass is 35.5. The predicted octanol–water partition coefficient (Wildman–Crippen LogP) is 3.42. The Hall–Kier alpha value is -0.990. The van der Waals surface area contributed by atoms with E-state index in [0.29, 0.717) is 5.15 Å². The van der Waals surface area contributed by atoms with Gasteiger partial charge < -0.3 is 9.67 Å². The van der Waals surface area contributed by atoms with Crippen LogP contribution in [0.25, 0.3) is 10.9 Å². The molecule has 1 N–H and O–H groups in total. The smallest absolute Gasteiger partial charge is 0.115 e. The van der Waals surface area contributed by atoms with Gasteiger partial charge in [-0.2, -0.15) is 0 Å². The third-order valence-electron chi connectivity index (χ3n) is 3.19. The zero-order valence-electron chi connectivity index (χ0n) is 9.84. The van der Waals surface area contributed by atoms with Crippen molar-refractivity contribution in [2.45, 2.75) is 33.9 Å². The number of nitrogens with zero attached hydrogens (tertiary/aromatic N) is 1. The zero-order chi connectivity index (χ0) is 11.9. The van der Waals surface area contributed by atoms with Crippen LogP contribution in [0, 0.1) is 13.8 Å². The highest BCUT2D eigenvalue weighted by Crippen LogP contribution is 2.31. The maximum absolute atomic E-state index is 9.39. The number of aliphatic hydroxyl groups is 1. The van der Waals surface area contributed by atoms with Crippen molar-refractivity contribution in [1.29, 1.82) is 0 Å². The molecule has 0 spiro atoms. The summed E-state index contributed by atoms with van der Waals surface area (Å²) >= 11 is 6.26. The number of halogens is 1. The minimum Gasteiger partial charge on any atom is -0.392 e. The van der Waals surface area contributed by atoms with Crippen LogP contribution in [-0.4, -0.2) is 9.67 Å². The monoisotopic (exact) mass is 237 g/mol. The average molecular weight is 238 g/mol. The van der Waals surface area contributed by atoms with Gasteiger partial charge in [-0.05, 0) is 44.0 Å². The molecule has 16 heavy (non-hydrogen) atoms. The second kappa shape index (κ2) is 4.11. The molecule has 1 aromatic heterocycles. The Morgan fingerprint density at radius 1 is 1.25 bits per heavy atom. The number of aromatic nitrogens is 1. The van der Waals surface area contributed by atoms with Crippen LogP contribution < -0.4 is 0 Å². The molecule has 0 atom stereocenters. The quantitative estimate of drug-likeness (QED) is 0.851. The fourth-order valence-corrected chi connectivity index (χ4v) is 2.48. The molecule has 0 saturated heterocycles. The number of hydrogen-bond donors (Lipinski definition) is 1. The van der Waals surface area contributed by atoms with Crippen molar-refractivity contribution in [3.05, 3.63) is 34.0 Å². The summed E-state index contributed by atoms with van der Waals surface area (Å²) in [5, 5.41) is 11.1. The molecule has 3 heteroatoms. The summed E-state index contributed by atoms with van der Waals surface area (Å²) in [6, 6.07) is 4.24. The average Bonchev–Trinajstić information content (AvgIpc) is 2.50. The molecule has 0 radical (unpaired) electrons. The summed E-state index contributed by atoms with van der Waals surface area (Å²) in [4.78, 5) is 0. The van der Waals surface area contributed by atoms with Crippen molar-refractivity contribution in [2.24, 2.45) is 0 Å². The number of aliphatic hydroxyl groups excluding tert-OH is 1. The van der Waals surface area contributed by atoms with E-state index in [1.807, 2.05) is 4.57 Å². The normalized spacial score (nSPS) is 11.3. The van der Waals surface area contributed by atoms with Crippen LogP contribution in [0.2, 0.25) is 5.15 Å². The minimum atomic E-state index is -0.00909. The number of hydrogen-bond acceptors (Lipinski definition) is 1. The molecular formula is C13H16ClNO. The van der Waals surface area contributed by atoms with Crippen molar-refractivity contribution in [3.63, 3.8) is 0 Å². The molecule has 0 aliphatic rings. The molecule has 1 heterocycles. The molecular weight excluding hydrogens is 222 g/mol. The van der Waals surface area contributed by atoms with E-state index in [0.717, 1.165) is 23.0 Å². The molecule has 2 nitrogen and oxygen atoms in total. The molecule has 0 unspecified atom stereocenters. The van der Waals surface area contributed by atoms with Gasteiger partial charge in [0.15, 0.2) is 0 Å². The van der Waals surface area contributed by atoms with Crippen LogP contribution in [0.3, 0.4) is 0 Å². The van der Waals surface area contributed by atoms with Gasteiger partial charge in [0.2, 0.25) is 0 Å². The van der Waals surface area contributed by atoms with Gasteiger partial charge in [0.05, 0.1) is 6.61 Å². The fourth-order valence-electron chi connectivity index (χ4n) is 2.11. The first kappa shape index (κ1) is 11.5. The Balaban J connectivity index is 2.89. The van der Waals surface area contributed by atoms with Crippen molar-refractivity contribution in [1.82, 2.24) is 4.57 Å². The number of rotatable bonds is 2. The minimum absolute atomic E-state index is 0.00909. The highest BCUT2D eigenvalue weighted by Gasteiger charge is 2.14. The first-order valence-corrected chi connectivity index (χ1v) is 5.86. The van der Waals surface area contributed by atoms with E-state index in [1.165, 1.54) is 11.1 Å². The molecule has 0 aliphatic heterocycles. The lowest BCUT2D eigenvalue weighted by Gasteiger charge is -2.04. The van der Waals surface area contributed by atoms with Crippen molar-refractivity contribution < 1.29 is 5.11 Å². The maximum atomic E-state index is 9.39. The molecule has 86 valence electrons. The third-order valence-corrected chi connectivity index (χ3v) is 3.62. The van der Waals surface area contributed by atoms with E-state index >= 15 is 0 Å². The van der Waals surface area contributed by atoms with E-state index in [1.54, 1.807) is 0 Å². The Labute approximate surface area is 100 Å². The molecule has 0 saturated carbocycles. The Kier molecular flexibility index (Phi) is 2.96. The third kappa shape index (κ3) is 1.53. The van der Waals surface area contributed by atoms with E-state index in [9.17, 15) is 5.11 Å². The van der Waals surface area contributed by atoms with Gasteiger partial charge in [-0.1, -0.05) is 11.6 Å². The first-order valence-electron chi connectivity index (χ1n) is 5.48. The van der Waals surface area contributed by atoms with Crippen LogP contribution in [0.4, 0.5) is 0 Å². The Morgan fingerprint density at radius 3 is 2.44 bits per heavy atom. The molecule has 1 aromatic carbocycles. The lowest BCUT2D eigenvalue weighted by Crippen LogP contribution is -1.94. The Morgan fingerprint density at radius 2 is 1.88 bits per heavy atom. The summed E-state index contributed by atoms with van der Waals surface area (Å²) < 4.78 is 2.04. The predicted molar refractivity (Wildman–Crippen MR) is 68.0 cm³/mol. The van der Waals surface area contributed by atoms with Crippen molar-refractivity contribution in [2.75, 3.05) is 0 Å². The van der Waals surface area contributed by atoms with Crippen LogP contribution in [0.15, 0.2) is 12.1 Å². The standard InChI is InChI=1S/C13H16ClNO/c1-4-15-12-6-9(3)8(2)5-10(12)11(7-16)13(15)14/h5-6,16H,4,7H2,1-3H3. The van der Waals surface area contributed by atoms with Gasteiger partial charge in [0, 0.05) is 23.0 Å². The van der Waals surface area contributed by atoms with Gasteiger partial charge in [0.25, 0.3) is 0 Å². The summed E-state index contributed by atoms with van der Waals surface area (Å²) in [7, 11) is 0. The molecule has 2 aromatic rings. The summed E-state index contributed by atoms with van der Waals surface area (Å²) in [5.41, 5.74) is 4.43. The lowest BCUT2D eigenvalue weighted by molar-refractivity contribution is 0.283. The van der Waals surface area contributed by atoms with Gasteiger partial charge in [-0.25, -0.2) is 0 Å². The van der Waals surface area contributed by atoms with Gasteiger partial charge in [-0.15, -0.1) is 0 Å².